The predicted molar refractivity (Wildman–Crippen MR) is 87.1 cm³/mol. The van der Waals surface area contributed by atoms with E-state index in [9.17, 15) is 0 Å². The van der Waals surface area contributed by atoms with Gasteiger partial charge in [-0.2, -0.15) is 11.8 Å². The summed E-state index contributed by atoms with van der Waals surface area (Å²) in [4.78, 5) is 6.40. The Labute approximate surface area is 125 Å². The molecule has 0 spiro atoms. The molecule has 0 atom stereocenters. The van der Waals surface area contributed by atoms with Gasteiger partial charge in [0.05, 0.1) is 5.69 Å². The third-order valence-electron chi connectivity index (χ3n) is 3.12. The lowest BCUT2D eigenvalue weighted by Crippen LogP contribution is -2.13. The van der Waals surface area contributed by atoms with Gasteiger partial charge in [0.1, 0.15) is 5.01 Å². The summed E-state index contributed by atoms with van der Waals surface area (Å²) in [5.74, 6) is 3.88. The van der Waals surface area contributed by atoms with Crippen LogP contribution in [0.5, 0.6) is 0 Å². The van der Waals surface area contributed by atoms with Crippen LogP contribution in [0.25, 0.3) is 0 Å². The maximum atomic E-state index is 4.91. The summed E-state index contributed by atoms with van der Waals surface area (Å²) in [5.41, 5.74) is 1.41. The van der Waals surface area contributed by atoms with Crippen LogP contribution in [0, 0.1) is 5.92 Å². The van der Waals surface area contributed by atoms with Crippen molar-refractivity contribution in [3.05, 3.63) is 15.6 Å². The fourth-order valence-corrected chi connectivity index (χ4v) is 4.27. The van der Waals surface area contributed by atoms with Gasteiger partial charge in [-0.15, -0.1) is 11.3 Å². The first-order valence-corrected chi connectivity index (χ1v) is 9.44. The molecule has 0 aromatic carbocycles. The number of thioether (sulfide) groups is 1. The second kappa shape index (κ2) is 7.65. The van der Waals surface area contributed by atoms with Gasteiger partial charge in [-0.05, 0) is 37.5 Å². The van der Waals surface area contributed by atoms with Crippen molar-refractivity contribution in [2.75, 3.05) is 12.3 Å². The molecule has 1 heterocycles. The average Bonchev–Trinajstić information content (AvgIpc) is 3.12. The number of rotatable bonds is 9. The largest absolute Gasteiger partial charge is 0.312 e. The van der Waals surface area contributed by atoms with E-state index in [2.05, 4.69) is 26.1 Å². The summed E-state index contributed by atoms with van der Waals surface area (Å²) in [7, 11) is 0. The van der Waals surface area contributed by atoms with Gasteiger partial charge >= 0.3 is 0 Å². The normalized spacial score (nSPS) is 15.4. The number of hydrogen-bond donors (Lipinski definition) is 1. The fourth-order valence-electron chi connectivity index (χ4n) is 2.04. The van der Waals surface area contributed by atoms with Crippen LogP contribution in [0.15, 0.2) is 0 Å². The lowest BCUT2D eigenvalue weighted by molar-refractivity contribution is 0.676. The lowest BCUT2D eigenvalue weighted by atomic mass is 10.2. The van der Waals surface area contributed by atoms with Crippen LogP contribution in [0.4, 0.5) is 0 Å². The van der Waals surface area contributed by atoms with Crippen molar-refractivity contribution >= 4 is 23.1 Å². The molecule has 1 N–H and O–H groups in total. The highest BCUT2D eigenvalue weighted by molar-refractivity contribution is 7.98. The molecular formula is C15H26N2S2. The Morgan fingerprint density at radius 2 is 2.21 bits per heavy atom. The predicted octanol–water partition coefficient (Wildman–Crippen LogP) is 4.41. The quantitative estimate of drug-likeness (QED) is 0.684. The Bertz CT molecular complexity index is 383. The van der Waals surface area contributed by atoms with Crippen LogP contribution in [-0.4, -0.2) is 17.3 Å². The highest BCUT2D eigenvalue weighted by Crippen LogP contribution is 2.43. The van der Waals surface area contributed by atoms with E-state index in [1.165, 1.54) is 40.6 Å². The molecule has 4 heteroatoms. The maximum absolute atomic E-state index is 4.91. The number of hydrogen-bond acceptors (Lipinski definition) is 4. The number of aromatic nitrogens is 1. The molecule has 19 heavy (non-hydrogen) atoms. The van der Waals surface area contributed by atoms with E-state index in [1.807, 2.05) is 23.1 Å². The zero-order valence-corrected chi connectivity index (χ0v) is 14.0. The second-order valence-electron chi connectivity index (χ2n) is 5.78. The van der Waals surface area contributed by atoms with Crippen molar-refractivity contribution in [3.8, 4) is 0 Å². The van der Waals surface area contributed by atoms with Gasteiger partial charge in [-0.3, -0.25) is 0 Å². The molecule has 0 amide bonds. The van der Waals surface area contributed by atoms with Crippen molar-refractivity contribution in [2.45, 2.75) is 58.2 Å². The average molecular weight is 299 g/mol. The summed E-state index contributed by atoms with van der Waals surface area (Å²) >= 11 is 3.96. The summed E-state index contributed by atoms with van der Waals surface area (Å²) in [6, 6.07) is 0. The molecule has 0 aliphatic heterocycles. The zero-order chi connectivity index (χ0) is 13.7. The molecule has 108 valence electrons. The molecule has 1 saturated carbocycles. The van der Waals surface area contributed by atoms with Crippen molar-refractivity contribution in [1.29, 1.82) is 0 Å². The van der Waals surface area contributed by atoms with Crippen molar-refractivity contribution < 1.29 is 0 Å². The molecule has 0 saturated heterocycles. The smallest absolute Gasteiger partial charge is 0.103 e. The van der Waals surface area contributed by atoms with Crippen LogP contribution >= 0.6 is 23.1 Å². The molecule has 1 aromatic rings. The topological polar surface area (TPSA) is 24.9 Å². The first kappa shape index (κ1) is 15.3. The molecule has 0 unspecified atom stereocenters. The van der Waals surface area contributed by atoms with E-state index in [0.29, 0.717) is 0 Å². The van der Waals surface area contributed by atoms with E-state index >= 15 is 0 Å². The molecule has 1 aliphatic carbocycles. The Balaban J connectivity index is 1.90. The van der Waals surface area contributed by atoms with Crippen LogP contribution in [0.1, 0.15) is 61.5 Å². The third kappa shape index (κ3) is 5.09. The van der Waals surface area contributed by atoms with Crippen LogP contribution in [0.2, 0.25) is 0 Å². The van der Waals surface area contributed by atoms with Gasteiger partial charge in [0.15, 0.2) is 0 Å². The molecule has 1 fully saturated rings. The Morgan fingerprint density at radius 1 is 1.42 bits per heavy atom. The second-order valence-corrected chi connectivity index (χ2v) is 7.97. The van der Waals surface area contributed by atoms with E-state index in [4.69, 9.17) is 4.98 Å². The van der Waals surface area contributed by atoms with E-state index in [0.717, 1.165) is 30.7 Å². The summed E-state index contributed by atoms with van der Waals surface area (Å²) < 4.78 is 0. The summed E-state index contributed by atoms with van der Waals surface area (Å²) in [6.07, 6.45) is 3.90. The van der Waals surface area contributed by atoms with Gasteiger partial charge in [-0.1, -0.05) is 20.8 Å². The Morgan fingerprint density at radius 3 is 2.84 bits per heavy atom. The minimum atomic E-state index is 0.776. The first-order chi connectivity index (χ1) is 9.20. The molecule has 1 aromatic heterocycles. The van der Waals surface area contributed by atoms with Crippen LogP contribution < -0.4 is 5.32 Å². The maximum Gasteiger partial charge on any atom is 0.103 e. The molecule has 0 bridgehead atoms. The highest BCUT2D eigenvalue weighted by atomic mass is 32.2. The van der Waals surface area contributed by atoms with E-state index < -0.39 is 0 Å². The van der Waals surface area contributed by atoms with E-state index in [1.54, 1.807) is 0 Å². The number of nitrogens with one attached hydrogen (secondary N) is 1. The summed E-state index contributed by atoms with van der Waals surface area (Å²) in [6.45, 7) is 8.91. The number of nitrogens with zero attached hydrogens (tertiary/aromatic N) is 1. The monoisotopic (exact) mass is 298 g/mol. The zero-order valence-electron chi connectivity index (χ0n) is 12.4. The van der Waals surface area contributed by atoms with Gasteiger partial charge in [0.2, 0.25) is 0 Å². The number of thiazole rings is 1. The van der Waals surface area contributed by atoms with Crippen molar-refractivity contribution in [3.63, 3.8) is 0 Å². The van der Waals surface area contributed by atoms with Crippen molar-refractivity contribution in [1.82, 2.24) is 10.3 Å². The van der Waals surface area contributed by atoms with Crippen LogP contribution in [-0.2, 0) is 12.3 Å². The van der Waals surface area contributed by atoms with Gasteiger partial charge in [0, 0.05) is 23.1 Å². The SMILES string of the molecule is CCCNCc1sc(CSCC(C)C)nc1C1CC1. The van der Waals surface area contributed by atoms with E-state index in [-0.39, 0.29) is 0 Å². The molecule has 2 nitrogen and oxygen atoms in total. The minimum Gasteiger partial charge on any atom is -0.312 e. The Hall–Kier alpha value is -0.0600. The third-order valence-corrected chi connectivity index (χ3v) is 5.76. The lowest BCUT2D eigenvalue weighted by Gasteiger charge is -2.02. The standard InChI is InChI=1S/C15H26N2S2/c1-4-7-16-8-13-15(12-5-6-12)17-14(19-13)10-18-9-11(2)3/h11-12,16H,4-10H2,1-3H3. The molecule has 2 rings (SSSR count). The summed E-state index contributed by atoms with van der Waals surface area (Å²) in [5, 5.41) is 4.86. The van der Waals surface area contributed by atoms with Crippen molar-refractivity contribution in [2.24, 2.45) is 5.92 Å². The van der Waals surface area contributed by atoms with Crippen LogP contribution in [0.3, 0.4) is 0 Å². The highest BCUT2D eigenvalue weighted by Gasteiger charge is 2.29. The minimum absolute atomic E-state index is 0.776. The first-order valence-electron chi connectivity index (χ1n) is 7.47. The molecule has 0 radical (unpaired) electrons. The van der Waals surface area contributed by atoms with Gasteiger partial charge in [0.25, 0.3) is 0 Å². The molecule has 1 aliphatic rings. The van der Waals surface area contributed by atoms with Gasteiger partial charge < -0.3 is 5.32 Å². The fraction of sp³-hybridized carbons (Fsp3) is 0.800. The van der Waals surface area contributed by atoms with Gasteiger partial charge in [-0.25, -0.2) is 4.98 Å². The Kier molecular flexibility index (Phi) is 6.17. The molecular weight excluding hydrogens is 272 g/mol.